The maximum Gasteiger partial charge on any atom is 0.128 e. The number of benzene rings is 1. The molecule has 0 radical (unpaired) electrons. The Morgan fingerprint density at radius 2 is 2.24 bits per heavy atom. The number of ether oxygens (including phenoxy) is 1. The van der Waals surface area contributed by atoms with Crippen LogP contribution in [0.25, 0.3) is 11.3 Å². The van der Waals surface area contributed by atoms with Gasteiger partial charge in [0.15, 0.2) is 0 Å². The third kappa shape index (κ3) is 2.48. The first-order valence-corrected chi connectivity index (χ1v) is 5.46. The Labute approximate surface area is 101 Å². The lowest BCUT2D eigenvalue weighted by atomic mass is 10.1. The molecule has 2 rings (SSSR count). The molecule has 1 aromatic heterocycles. The van der Waals surface area contributed by atoms with E-state index < -0.39 is 0 Å². The molecule has 0 atom stereocenters. The number of hydrogen-bond donors (Lipinski definition) is 1. The molecule has 2 aromatic rings. The second-order valence-corrected chi connectivity index (χ2v) is 3.68. The van der Waals surface area contributed by atoms with Gasteiger partial charge in [0, 0.05) is 24.1 Å². The first-order valence-electron chi connectivity index (χ1n) is 5.46. The summed E-state index contributed by atoms with van der Waals surface area (Å²) in [5.74, 6) is 3.44. The van der Waals surface area contributed by atoms with Crippen LogP contribution in [0, 0.1) is 12.3 Å². The number of H-pyrrole nitrogens is 1. The maximum absolute atomic E-state index is 5.30. The lowest BCUT2D eigenvalue weighted by Gasteiger charge is -2.04. The van der Waals surface area contributed by atoms with E-state index >= 15 is 0 Å². The summed E-state index contributed by atoms with van der Waals surface area (Å²) in [4.78, 5) is 0. The molecule has 0 saturated heterocycles. The maximum atomic E-state index is 5.30. The van der Waals surface area contributed by atoms with Gasteiger partial charge in [0.1, 0.15) is 5.75 Å². The molecule has 86 valence electrons. The third-order valence-corrected chi connectivity index (χ3v) is 2.55. The highest BCUT2D eigenvalue weighted by Crippen LogP contribution is 2.28. The van der Waals surface area contributed by atoms with Gasteiger partial charge >= 0.3 is 0 Å². The summed E-state index contributed by atoms with van der Waals surface area (Å²) in [7, 11) is 1.66. The highest BCUT2D eigenvalue weighted by atomic mass is 16.5. The van der Waals surface area contributed by atoms with Gasteiger partial charge in [0.2, 0.25) is 0 Å². The zero-order valence-electron chi connectivity index (χ0n) is 9.73. The minimum atomic E-state index is 0.716. The van der Waals surface area contributed by atoms with Crippen LogP contribution >= 0.6 is 0 Å². The van der Waals surface area contributed by atoms with E-state index in [0.717, 1.165) is 29.1 Å². The summed E-state index contributed by atoms with van der Waals surface area (Å²) < 4.78 is 5.30. The molecule has 0 unspecified atom stereocenters. The van der Waals surface area contributed by atoms with Gasteiger partial charge in [-0.2, -0.15) is 5.10 Å². The fraction of sp³-hybridized carbons (Fsp3) is 0.214. The van der Waals surface area contributed by atoms with Gasteiger partial charge in [-0.25, -0.2) is 0 Å². The molecule has 0 amide bonds. The zero-order valence-corrected chi connectivity index (χ0v) is 9.73. The van der Waals surface area contributed by atoms with Crippen LogP contribution in [0.1, 0.15) is 12.1 Å². The summed E-state index contributed by atoms with van der Waals surface area (Å²) in [6.45, 7) is 0. The van der Waals surface area contributed by atoms with Crippen LogP contribution in [0.15, 0.2) is 30.3 Å². The largest absolute Gasteiger partial charge is 0.496 e. The number of hydrogen-bond acceptors (Lipinski definition) is 2. The fourth-order valence-electron chi connectivity index (χ4n) is 1.69. The van der Waals surface area contributed by atoms with E-state index in [0.29, 0.717) is 6.42 Å². The van der Waals surface area contributed by atoms with Gasteiger partial charge in [0.05, 0.1) is 12.8 Å². The molecule has 0 spiro atoms. The van der Waals surface area contributed by atoms with Gasteiger partial charge in [0.25, 0.3) is 0 Å². The first kappa shape index (κ1) is 11.3. The van der Waals surface area contributed by atoms with Crippen molar-refractivity contribution in [3.8, 4) is 29.4 Å². The number of nitrogens with zero attached hydrogens (tertiary/aromatic N) is 1. The zero-order chi connectivity index (χ0) is 12.1. The van der Waals surface area contributed by atoms with Crippen molar-refractivity contribution in [1.82, 2.24) is 10.2 Å². The van der Waals surface area contributed by atoms with E-state index in [1.807, 2.05) is 30.3 Å². The molecule has 0 bridgehead atoms. The van der Waals surface area contributed by atoms with Gasteiger partial charge in [-0.15, -0.1) is 12.3 Å². The summed E-state index contributed by atoms with van der Waals surface area (Å²) in [5, 5.41) is 7.26. The monoisotopic (exact) mass is 226 g/mol. The Morgan fingerprint density at radius 3 is 3.00 bits per heavy atom. The van der Waals surface area contributed by atoms with Crippen LogP contribution in [0.5, 0.6) is 5.75 Å². The number of para-hydroxylation sites is 1. The quantitative estimate of drug-likeness (QED) is 0.814. The van der Waals surface area contributed by atoms with Gasteiger partial charge in [-0.3, -0.25) is 5.10 Å². The second-order valence-electron chi connectivity index (χ2n) is 3.68. The number of nitrogens with one attached hydrogen (secondary N) is 1. The van der Waals surface area contributed by atoms with Crippen LogP contribution in [-0.4, -0.2) is 17.3 Å². The van der Waals surface area contributed by atoms with Gasteiger partial charge in [-0.1, -0.05) is 12.1 Å². The normalized spacial score (nSPS) is 9.88. The second kappa shape index (κ2) is 5.22. The topological polar surface area (TPSA) is 37.9 Å². The lowest BCUT2D eigenvalue weighted by Crippen LogP contribution is -1.87. The molecular formula is C14H14N2O. The fourth-order valence-corrected chi connectivity index (χ4v) is 1.69. The SMILES string of the molecule is C#CCCc1cc(-c2ccccc2OC)n[nH]1. The van der Waals surface area contributed by atoms with E-state index in [4.69, 9.17) is 11.2 Å². The Balaban J connectivity index is 2.28. The van der Waals surface area contributed by atoms with Crippen molar-refractivity contribution in [2.24, 2.45) is 0 Å². The van der Waals surface area contributed by atoms with Crippen molar-refractivity contribution in [1.29, 1.82) is 0 Å². The Kier molecular flexibility index (Phi) is 3.46. The molecular weight excluding hydrogens is 212 g/mol. The number of aromatic amines is 1. The van der Waals surface area contributed by atoms with Crippen molar-refractivity contribution >= 4 is 0 Å². The van der Waals surface area contributed by atoms with E-state index in [9.17, 15) is 0 Å². The Hall–Kier alpha value is -2.21. The van der Waals surface area contributed by atoms with Crippen LogP contribution in [0.4, 0.5) is 0 Å². The lowest BCUT2D eigenvalue weighted by molar-refractivity contribution is 0.416. The third-order valence-electron chi connectivity index (χ3n) is 2.55. The van der Waals surface area contributed by atoms with Crippen molar-refractivity contribution in [3.05, 3.63) is 36.0 Å². The molecule has 3 heteroatoms. The summed E-state index contributed by atoms with van der Waals surface area (Å²) in [6.07, 6.45) is 6.77. The number of aryl methyl sites for hydroxylation is 1. The van der Waals surface area contributed by atoms with Crippen molar-refractivity contribution < 1.29 is 4.74 Å². The molecule has 0 aliphatic rings. The summed E-state index contributed by atoms with van der Waals surface area (Å²) >= 11 is 0. The minimum Gasteiger partial charge on any atom is -0.496 e. The van der Waals surface area contributed by atoms with E-state index in [1.165, 1.54) is 0 Å². The predicted octanol–water partition coefficient (Wildman–Crippen LogP) is 2.65. The smallest absolute Gasteiger partial charge is 0.128 e. The summed E-state index contributed by atoms with van der Waals surface area (Å²) in [6, 6.07) is 9.82. The molecule has 1 heterocycles. The van der Waals surface area contributed by atoms with Crippen molar-refractivity contribution in [2.45, 2.75) is 12.8 Å². The summed E-state index contributed by atoms with van der Waals surface area (Å²) in [5.41, 5.74) is 2.91. The first-order chi connectivity index (χ1) is 8.35. The number of aromatic nitrogens is 2. The molecule has 17 heavy (non-hydrogen) atoms. The van der Waals surface area contributed by atoms with Crippen LogP contribution in [0.3, 0.4) is 0 Å². The number of methoxy groups -OCH3 is 1. The molecule has 0 fully saturated rings. The predicted molar refractivity (Wildman–Crippen MR) is 67.7 cm³/mol. The van der Waals surface area contributed by atoms with Crippen molar-refractivity contribution in [2.75, 3.05) is 7.11 Å². The highest BCUT2D eigenvalue weighted by Gasteiger charge is 2.08. The Bertz CT molecular complexity index is 537. The van der Waals surface area contributed by atoms with Gasteiger partial charge < -0.3 is 4.74 Å². The van der Waals surface area contributed by atoms with Gasteiger partial charge in [-0.05, 0) is 18.2 Å². The number of terminal acetylenes is 1. The van der Waals surface area contributed by atoms with Crippen LogP contribution in [-0.2, 0) is 6.42 Å². The van der Waals surface area contributed by atoms with E-state index in [2.05, 4.69) is 16.1 Å². The molecule has 1 aromatic carbocycles. The highest BCUT2D eigenvalue weighted by molar-refractivity contribution is 5.67. The van der Waals surface area contributed by atoms with Crippen LogP contribution < -0.4 is 4.74 Å². The minimum absolute atomic E-state index is 0.716. The number of rotatable bonds is 4. The molecule has 3 nitrogen and oxygen atoms in total. The van der Waals surface area contributed by atoms with E-state index in [-0.39, 0.29) is 0 Å². The van der Waals surface area contributed by atoms with E-state index in [1.54, 1.807) is 7.11 Å². The average molecular weight is 226 g/mol. The standard InChI is InChI=1S/C14H14N2O/c1-3-4-7-11-10-13(16-15-11)12-8-5-6-9-14(12)17-2/h1,5-6,8-10H,4,7H2,2H3,(H,15,16). The Morgan fingerprint density at radius 1 is 1.41 bits per heavy atom. The average Bonchev–Trinajstić information content (AvgIpc) is 2.85. The molecule has 0 aliphatic carbocycles. The molecule has 0 saturated carbocycles. The van der Waals surface area contributed by atoms with Crippen molar-refractivity contribution in [3.63, 3.8) is 0 Å². The molecule has 0 aliphatic heterocycles. The molecule has 1 N–H and O–H groups in total. The van der Waals surface area contributed by atoms with Crippen LogP contribution in [0.2, 0.25) is 0 Å².